The van der Waals surface area contributed by atoms with Gasteiger partial charge in [-0.25, -0.2) is 0 Å². The Labute approximate surface area is 61.2 Å². The van der Waals surface area contributed by atoms with Crippen molar-refractivity contribution in [2.45, 2.75) is 0 Å². The van der Waals surface area contributed by atoms with Crippen LogP contribution in [0.4, 0.5) is 0 Å². The normalized spacial score (nSPS) is 17.8. The molecule has 1 aromatic rings. The minimum Gasteiger partial charge on any atom is -0.294 e. The van der Waals surface area contributed by atoms with E-state index in [2.05, 4.69) is 0 Å². The molecule has 0 saturated carbocycles. The number of benzene rings is 1. The van der Waals surface area contributed by atoms with E-state index in [0.29, 0.717) is 14.4 Å². The highest BCUT2D eigenvalue weighted by Crippen LogP contribution is 2.22. The molecule has 0 aromatic heterocycles. The first kappa shape index (κ1) is 6.06. The lowest BCUT2D eigenvalue weighted by Crippen LogP contribution is -2.00. The first-order valence-corrected chi connectivity index (χ1v) is 4.45. The maximum Gasteiger partial charge on any atom is 0.167 e. The van der Waals surface area contributed by atoms with Crippen molar-refractivity contribution in [3.05, 3.63) is 29.8 Å². The summed E-state index contributed by atoms with van der Waals surface area (Å²) in [6.45, 7) is 0. The van der Waals surface area contributed by atoms with E-state index in [-0.39, 0.29) is 0 Å². The first-order chi connectivity index (χ1) is 4.88. The summed E-state index contributed by atoms with van der Waals surface area (Å²) in [5, 5.41) is 1.24. The molecule has 1 atom stereocenters. The number of hydrogen-bond donors (Lipinski definition) is 0. The van der Waals surface area contributed by atoms with Gasteiger partial charge in [-0.2, -0.15) is 0 Å². The summed E-state index contributed by atoms with van der Waals surface area (Å²) >= 11 is 0. The van der Waals surface area contributed by atoms with E-state index in [1.54, 1.807) is 0 Å². The lowest BCUT2D eigenvalue weighted by Gasteiger charge is -1.91. The third-order valence-corrected chi connectivity index (χ3v) is 2.98. The highest BCUT2D eigenvalue weighted by molar-refractivity contribution is 7.49. The number of carbonyl (C=O) groups excluding carboxylic acids is 1. The van der Waals surface area contributed by atoms with Crippen LogP contribution in [-0.4, -0.2) is 11.9 Å². The number of ketones is 1. The van der Waals surface area contributed by atoms with E-state index >= 15 is 0 Å². The van der Waals surface area contributed by atoms with Gasteiger partial charge in [-0.3, -0.25) is 4.79 Å². The largest absolute Gasteiger partial charge is 0.294 e. The van der Waals surface area contributed by atoms with Crippen molar-refractivity contribution in [1.82, 2.24) is 0 Å². The van der Waals surface area contributed by atoms with Gasteiger partial charge in [0.2, 0.25) is 0 Å². The van der Waals surface area contributed by atoms with Crippen molar-refractivity contribution in [3.8, 4) is 0 Å². The summed E-state index contributed by atoms with van der Waals surface area (Å²) < 4.78 is 0. The van der Waals surface area contributed by atoms with Crippen molar-refractivity contribution in [2.75, 3.05) is 6.16 Å². The molecule has 0 spiro atoms. The second-order valence-electron chi connectivity index (χ2n) is 2.32. The van der Waals surface area contributed by atoms with Gasteiger partial charge in [-0.15, -0.1) is 0 Å². The Balaban J connectivity index is 2.61. The number of fused-ring (bicyclic) bond motifs is 1. The van der Waals surface area contributed by atoms with Crippen molar-refractivity contribution in [1.29, 1.82) is 0 Å². The fraction of sp³-hybridized carbons (Fsp3) is 0.125. The van der Waals surface area contributed by atoms with Crippen LogP contribution in [0.5, 0.6) is 0 Å². The molecule has 0 radical (unpaired) electrons. The Morgan fingerprint density at radius 3 is 2.90 bits per heavy atom. The smallest absolute Gasteiger partial charge is 0.167 e. The quantitative estimate of drug-likeness (QED) is 0.507. The zero-order valence-corrected chi connectivity index (χ0v) is 6.42. The average Bonchev–Trinajstić information content (AvgIpc) is 2.34. The highest BCUT2D eigenvalue weighted by atomic mass is 31.1. The lowest BCUT2D eigenvalue weighted by atomic mass is 10.2. The molecule has 1 aromatic carbocycles. The van der Waals surface area contributed by atoms with Gasteiger partial charge < -0.3 is 0 Å². The van der Waals surface area contributed by atoms with Crippen LogP contribution in [0.15, 0.2) is 24.3 Å². The van der Waals surface area contributed by atoms with Gasteiger partial charge in [0.1, 0.15) is 0 Å². The average molecular weight is 150 g/mol. The minimum atomic E-state index is 0.314. The zero-order valence-electron chi connectivity index (χ0n) is 5.42. The number of carbonyl (C=O) groups is 1. The summed E-state index contributed by atoms with van der Waals surface area (Å²) in [5.41, 5.74) is 0.945. The van der Waals surface area contributed by atoms with Gasteiger partial charge >= 0.3 is 0 Å². The van der Waals surface area contributed by atoms with Crippen molar-refractivity contribution in [2.24, 2.45) is 0 Å². The molecule has 0 bridgehead atoms. The van der Waals surface area contributed by atoms with Crippen molar-refractivity contribution < 1.29 is 4.79 Å². The van der Waals surface area contributed by atoms with E-state index < -0.39 is 0 Å². The molecule has 0 aliphatic carbocycles. The van der Waals surface area contributed by atoms with Crippen molar-refractivity contribution >= 4 is 19.7 Å². The van der Waals surface area contributed by atoms with Gasteiger partial charge in [-0.1, -0.05) is 32.8 Å². The monoisotopic (exact) mass is 150 g/mol. The predicted molar refractivity (Wildman–Crippen MR) is 43.6 cm³/mol. The molecule has 0 saturated heterocycles. The van der Waals surface area contributed by atoms with Crippen LogP contribution in [0.1, 0.15) is 10.4 Å². The molecule has 0 N–H and O–H groups in total. The lowest BCUT2D eigenvalue weighted by molar-refractivity contribution is 0.102. The Kier molecular flexibility index (Phi) is 1.32. The summed E-state index contributed by atoms with van der Waals surface area (Å²) in [5.74, 6) is 0.314. The maximum absolute atomic E-state index is 11.1. The number of rotatable bonds is 0. The molecule has 2 heteroatoms. The third-order valence-electron chi connectivity index (χ3n) is 1.67. The van der Waals surface area contributed by atoms with E-state index in [1.807, 2.05) is 24.3 Å². The molecule has 10 heavy (non-hydrogen) atoms. The molecule has 2 rings (SSSR count). The van der Waals surface area contributed by atoms with Crippen LogP contribution >= 0.6 is 8.58 Å². The highest BCUT2D eigenvalue weighted by Gasteiger charge is 2.17. The standard InChI is InChI=1S/C8H7OP/c9-7-5-10-8-4-2-1-3-6(7)8/h1-4,10H,5H2. The van der Waals surface area contributed by atoms with Gasteiger partial charge in [0.05, 0.1) is 0 Å². The van der Waals surface area contributed by atoms with Gasteiger partial charge in [0, 0.05) is 11.7 Å². The Morgan fingerprint density at radius 1 is 1.30 bits per heavy atom. The molecular weight excluding hydrogens is 143 g/mol. The molecule has 1 unspecified atom stereocenters. The fourth-order valence-corrected chi connectivity index (χ4v) is 2.32. The van der Waals surface area contributed by atoms with E-state index in [1.165, 1.54) is 5.30 Å². The van der Waals surface area contributed by atoms with Crippen LogP contribution in [0.25, 0.3) is 0 Å². The van der Waals surface area contributed by atoms with E-state index in [9.17, 15) is 4.79 Å². The van der Waals surface area contributed by atoms with Crippen LogP contribution in [-0.2, 0) is 0 Å². The fourth-order valence-electron chi connectivity index (χ4n) is 1.15. The summed E-state index contributed by atoms with van der Waals surface area (Å²) in [4.78, 5) is 11.1. The second-order valence-corrected chi connectivity index (χ2v) is 3.57. The van der Waals surface area contributed by atoms with Crippen molar-refractivity contribution in [3.63, 3.8) is 0 Å². The first-order valence-electron chi connectivity index (χ1n) is 3.24. The van der Waals surface area contributed by atoms with Gasteiger partial charge in [-0.05, 0) is 5.30 Å². The molecule has 1 aliphatic rings. The molecule has 1 heterocycles. The zero-order chi connectivity index (χ0) is 6.97. The van der Waals surface area contributed by atoms with Crippen LogP contribution in [0, 0.1) is 0 Å². The summed E-state index contributed by atoms with van der Waals surface area (Å²) in [6.07, 6.45) is 0.735. The second kappa shape index (κ2) is 2.17. The summed E-state index contributed by atoms with van der Waals surface area (Å²) in [7, 11) is 0.711. The van der Waals surface area contributed by atoms with Crippen LogP contribution in [0.2, 0.25) is 0 Å². The molecule has 1 nitrogen and oxygen atoms in total. The number of hydrogen-bond acceptors (Lipinski definition) is 1. The molecule has 50 valence electrons. The Morgan fingerprint density at radius 2 is 2.10 bits per heavy atom. The van der Waals surface area contributed by atoms with Crippen LogP contribution < -0.4 is 5.30 Å². The minimum absolute atomic E-state index is 0.314. The molecule has 0 amide bonds. The topological polar surface area (TPSA) is 17.1 Å². The Hall–Kier alpha value is -0.680. The van der Waals surface area contributed by atoms with E-state index in [4.69, 9.17) is 0 Å². The van der Waals surface area contributed by atoms with Gasteiger partial charge in [0.15, 0.2) is 5.78 Å². The van der Waals surface area contributed by atoms with E-state index in [0.717, 1.165) is 11.7 Å². The summed E-state index contributed by atoms with van der Waals surface area (Å²) in [6, 6.07) is 7.87. The Bertz CT molecular complexity index is 280. The SMILES string of the molecule is O=C1CPc2ccccc21. The molecule has 1 aliphatic heterocycles. The number of Topliss-reactive ketones (excluding diaryl/α,β-unsaturated/α-hetero) is 1. The predicted octanol–water partition coefficient (Wildman–Crippen LogP) is 1.19. The maximum atomic E-state index is 11.1. The van der Waals surface area contributed by atoms with Gasteiger partial charge in [0.25, 0.3) is 0 Å². The molecular formula is C8H7OP. The molecule has 0 fully saturated rings. The third kappa shape index (κ3) is 0.783. The van der Waals surface area contributed by atoms with Crippen LogP contribution in [0.3, 0.4) is 0 Å².